The number of hydrogen-bond acceptors (Lipinski definition) is 4. The molecular weight excluding hydrogens is 256 g/mol. The minimum Gasteiger partial charge on any atom is -0.394 e. The second kappa shape index (κ2) is 5.81. The lowest BCUT2D eigenvalue weighted by molar-refractivity contribution is -0.0447. The minimum atomic E-state index is -0.264. The van der Waals surface area contributed by atoms with Crippen LogP contribution in [0.5, 0.6) is 0 Å². The van der Waals surface area contributed by atoms with Crippen LogP contribution in [0.4, 0.5) is 5.69 Å². The van der Waals surface area contributed by atoms with Crippen molar-refractivity contribution in [3.05, 3.63) is 29.3 Å². The lowest BCUT2D eigenvalue weighted by atomic mass is 9.98. The number of carbonyl (C=O) groups is 1. The molecule has 0 radical (unpaired) electrons. The van der Waals surface area contributed by atoms with Gasteiger partial charge in [-0.25, -0.2) is 0 Å². The number of benzene rings is 1. The number of nitrogens with zero attached hydrogens (tertiary/aromatic N) is 1. The van der Waals surface area contributed by atoms with E-state index in [4.69, 9.17) is 4.74 Å². The summed E-state index contributed by atoms with van der Waals surface area (Å²) < 4.78 is 5.40. The van der Waals surface area contributed by atoms with Crippen LogP contribution < -0.4 is 5.32 Å². The van der Waals surface area contributed by atoms with Gasteiger partial charge in [-0.2, -0.15) is 0 Å². The Kier molecular flexibility index (Phi) is 3.89. The molecule has 1 aromatic rings. The Labute approximate surface area is 118 Å². The summed E-state index contributed by atoms with van der Waals surface area (Å²) in [6, 6.07) is 5.90. The third kappa shape index (κ3) is 2.51. The fourth-order valence-electron chi connectivity index (χ4n) is 2.87. The van der Waals surface area contributed by atoms with Crippen LogP contribution in [0.1, 0.15) is 22.3 Å². The number of amides is 1. The van der Waals surface area contributed by atoms with Crippen LogP contribution in [0.15, 0.2) is 18.2 Å². The number of carbonyl (C=O) groups excluding carboxylic acids is 1. The van der Waals surface area contributed by atoms with E-state index in [1.165, 1.54) is 5.56 Å². The van der Waals surface area contributed by atoms with Gasteiger partial charge in [0.05, 0.1) is 30.6 Å². The number of hydrogen-bond donors (Lipinski definition) is 2. The van der Waals surface area contributed by atoms with Gasteiger partial charge in [0.25, 0.3) is 5.91 Å². The van der Waals surface area contributed by atoms with Crippen LogP contribution in [-0.2, 0) is 11.2 Å². The average Bonchev–Trinajstić information content (AvgIpc) is 2.53. The fraction of sp³-hybridized carbons (Fsp3) is 0.533. The predicted molar refractivity (Wildman–Crippen MR) is 76.0 cm³/mol. The van der Waals surface area contributed by atoms with E-state index in [0.717, 1.165) is 30.6 Å². The first-order valence-corrected chi connectivity index (χ1v) is 7.17. The minimum absolute atomic E-state index is 0.0259. The Morgan fingerprint density at radius 2 is 2.40 bits per heavy atom. The fourth-order valence-corrected chi connectivity index (χ4v) is 2.87. The number of aliphatic hydroxyl groups excluding tert-OH is 1. The topological polar surface area (TPSA) is 61.8 Å². The molecule has 0 aliphatic carbocycles. The van der Waals surface area contributed by atoms with Gasteiger partial charge in [-0.1, -0.05) is 12.1 Å². The number of nitrogens with one attached hydrogen (secondary N) is 1. The number of ether oxygens (including phenoxy) is 1. The van der Waals surface area contributed by atoms with Gasteiger partial charge in [-0.3, -0.25) is 4.79 Å². The van der Waals surface area contributed by atoms with E-state index >= 15 is 0 Å². The van der Waals surface area contributed by atoms with Gasteiger partial charge < -0.3 is 20.1 Å². The van der Waals surface area contributed by atoms with Crippen molar-refractivity contribution in [3.8, 4) is 0 Å². The lowest BCUT2D eigenvalue weighted by Gasteiger charge is -2.33. The van der Waals surface area contributed by atoms with Gasteiger partial charge in [-0.15, -0.1) is 0 Å². The van der Waals surface area contributed by atoms with Crippen LogP contribution in [0.25, 0.3) is 0 Å². The third-order valence-electron chi connectivity index (χ3n) is 3.94. The van der Waals surface area contributed by atoms with Crippen molar-refractivity contribution < 1.29 is 14.6 Å². The number of anilines is 1. The molecule has 2 aliphatic heterocycles. The summed E-state index contributed by atoms with van der Waals surface area (Å²) in [6.07, 6.45) is 1.86. The highest BCUT2D eigenvalue weighted by Crippen LogP contribution is 2.27. The van der Waals surface area contributed by atoms with Crippen molar-refractivity contribution in [1.29, 1.82) is 0 Å². The molecule has 1 aromatic carbocycles. The first-order chi connectivity index (χ1) is 9.79. The molecule has 2 N–H and O–H groups in total. The standard InChI is InChI=1S/C15H20N2O3/c18-10-12-9-17(7-8-20-12)15(19)13-5-1-3-11-4-2-6-16-14(11)13/h1,3,5,12,16,18H,2,4,6-10H2. The summed E-state index contributed by atoms with van der Waals surface area (Å²) in [4.78, 5) is 14.5. The van der Waals surface area contributed by atoms with Crippen LogP contribution in [0.3, 0.4) is 0 Å². The number of aliphatic hydroxyl groups is 1. The molecular formula is C15H20N2O3. The van der Waals surface area contributed by atoms with Crippen molar-refractivity contribution in [3.63, 3.8) is 0 Å². The molecule has 1 atom stereocenters. The van der Waals surface area contributed by atoms with Gasteiger partial charge in [-0.05, 0) is 24.5 Å². The Bertz CT molecular complexity index is 504. The maximum atomic E-state index is 12.7. The summed E-state index contributed by atoms with van der Waals surface area (Å²) in [5, 5.41) is 12.5. The summed E-state index contributed by atoms with van der Waals surface area (Å²) in [5.74, 6) is 0.0259. The average molecular weight is 276 g/mol. The van der Waals surface area contributed by atoms with E-state index in [-0.39, 0.29) is 18.6 Å². The summed E-state index contributed by atoms with van der Waals surface area (Å²) >= 11 is 0. The van der Waals surface area contributed by atoms with Crippen molar-refractivity contribution in [1.82, 2.24) is 4.90 Å². The lowest BCUT2D eigenvalue weighted by Crippen LogP contribution is -2.47. The van der Waals surface area contributed by atoms with Gasteiger partial charge >= 0.3 is 0 Å². The number of fused-ring (bicyclic) bond motifs is 1. The molecule has 1 saturated heterocycles. The third-order valence-corrected chi connectivity index (χ3v) is 3.94. The summed E-state index contributed by atoms with van der Waals surface area (Å²) in [6.45, 7) is 2.39. The predicted octanol–water partition coefficient (Wildman–Crippen LogP) is 0.878. The Hall–Kier alpha value is -1.59. The summed E-state index contributed by atoms with van der Waals surface area (Å²) in [7, 11) is 0. The van der Waals surface area contributed by atoms with Crippen molar-refractivity contribution >= 4 is 11.6 Å². The normalized spacial score (nSPS) is 22.1. The zero-order valence-electron chi connectivity index (χ0n) is 11.5. The smallest absolute Gasteiger partial charge is 0.256 e. The second-order valence-corrected chi connectivity index (χ2v) is 5.30. The van der Waals surface area contributed by atoms with Gasteiger partial charge in [0, 0.05) is 19.6 Å². The molecule has 1 unspecified atom stereocenters. The highest BCUT2D eigenvalue weighted by atomic mass is 16.5. The molecule has 5 heteroatoms. The van der Waals surface area contributed by atoms with Crippen LogP contribution in [-0.4, -0.2) is 54.9 Å². The molecule has 2 aliphatic rings. The highest BCUT2D eigenvalue weighted by molar-refractivity contribution is 6.00. The molecule has 2 heterocycles. The Morgan fingerprint density at radius 1 is 1.50 bits per heavy atom. The molecule has 1 fully saturated rings. The summed E-state index contributed by atoms with van der Waals surface area (Å²) in [5.41, 5.74) is 2.94. The number of rotatable bonds is 2. The SMILES string of the molecule is O=C(c1cccc2c1NCCC2)N1CCOC(CO)C1. The van der Waals surface area contributed by atoms with Crippen LogP contribution in [0, 0.1) is 0 Å². The zero-order chi connectivity index (χ0) is 13.9. The molecule has 0 spiro atoms. The van der Waals surface area contributed by atoms with Crippen molar-refractivity contribution in [2.24, 2.45) is 0 Å². The Balaban J connectivity index is 1.83. The van der Waals surface area contributed by atoms with Crippen LogP contribution >= 0.6 is 0 Å². The maximum Gasteiger partial charge on any atom is 0.256 e. The Morgan fingerprint density at radius 3 is 3.25 bits per heavy atom. The molecule has 0 aromatic heterocycles. The zero-order valence-corrected chi connectivity index (χ0v) is 11.5. The number of aryl methyl sites for hydroxylation is 1. The first kappa shape index (κ1) is 13.4. The van der Waals surface area contributed by atoms with Gasteiger partial charge in [0.2, 0.25) is 0 Å². The molecule has 3 rings (SSSR count). The van der Waals surface area contributed by atoms with E-state index in [1.807, 2.05) is 12.1 Å². The van der Waals surface area contributed by atoms with E-state index in [1.54, 1.807) is 4.90 Å². The number of para-hydroxylation sites is 1. The molecule has 0 saturated carbocycles. The molecule has 20 heavy (non-hydrogen) atoms. The monoisotopic (exact) mass is 276 g/mol. The van der Waals surface area contributed by atoms with Crippen molar-refractivity contribution in [2.45, 2.75) is 18.9 Å². The van der Waals surface area contributed by atoms with E-state index in [2.05, 4.69) is 11.4 Å². The molecule has 1 amide bonds. The van der Waals surface area contributed by atoms with E-state index < -0.39 is 0 Å². The maximum absolute atomic E-state index is 12.7. The van der Waals surface area contributed by atoms with E-state index in [9.17, 15) is 9.90 Å². The first-order valence-electron chi connectivity index (χ1n) is 7.17. The largest absolute Gasteiger partial charge is 0.394 e. The number of morpholine rings is 1. The van der Waals surface area contributed by atoms with E-state index in [0.29, 0.717) is 19.7 Å². The highest BCUT2D eigenvalue weighted by Gasteiger charge is 2.27. The molecule has 108 valence electrons. The second-order valence-electron chi connectivity index (χ2n) is 5.30. The van der Waals surface area contributed by atoms with Gasteiger partial charge in [0.15, 0.2) is 0 Å². The molecule has 5 nitrogen and oxygen atoms in total. The quantitative estimate of drug-likeness (QED) is 0.841. The van der Waals surface area contributed by atoms with Gasteiger partial charge in [0.1, 0.15) is 0 Å². The van der Waals surface area contributed by atoms with Crippen LogP contribution in [0.2, 0.25) is 0 Å². The molecule has 0 bridgehead atoms. The van der Waals surface area contributed by atoms with Crippen molar-refractivity contribution in [2.75, 3.05) is 38.2 Å².